The molecular formula is C26H21N3O7S. The largest absolute Gasteiger partial charge is 0.490 e. The van der Waals surface area contributed by atoms with Gasteiger partial charge in [0.2, 0.25) is 0 Å². The lowest BCUT2D eigenvalue weighted by Gasteiger charge is -2.12. The summed E-state index contributed by atoms with van der Waals surface area (Å²) >= 11 is 0. The van der Waals surface area contributed by atoms with Gasteiger partial charge in [-0.25, -0.2) is 5.43 Å². The number of carbonyl (C=O) groups is 1. The van der Waals surface area contributed by atoms with Crippen LogP contribution in [0.3, 0.4) is 0 Å². The molecule has 11 heteroatoms. The molecule has 0 bridgehead atoms. The topological polar surface area (TPSA) is 137 Å². The Morgan fingerprint density at radius 3 is 2.51 bits per heavy atom. The summed E-state index contributed by atoms with van der Waals surface area (Å²) in [4.78, 5) is 22.4. The van der Waals surface area contributed by atoms with E-state index in [0.717, 1.165) is 16.8 Å². The molecule has 0 aliphatic rings. The third-order valence-corrected chi connectivity index (χ3v) is 6.41. The summed E-state index contributed by atoms with van der Waals surface area (Å²) in [5.41, 5.74) is 3.02. The fourth-order valence-corrected chi connectivity index (χ4v) is 4.40. The lowest BCUT2D eigenvalue weighted by Crippen LogP contribution is -2.17. The Morgan fingerprint density at radius 1 is 0.973 bits per heavy atom. The molecule has 0 fully saturated rings. The number of nitro benzene ring substituents is 1. The fourth-order valence-electron chi connectivity index (χ4n) is 3.42. The highest BCUT2D eigenvalue weighted by atomic mass is 32.2. The third kappa shape index (κ3) is 6.08. The van der Waals surface area contributed by atoms with Gasteiger partial charge in [0.05, 0.1) is 17.7 Å². The number of non-ortho nitro benzene ring substituents is 1. The number of hydrogen-bond acceptors (Lipinski definition) is 8. The molecule has 0 aromatic heterocycles. The number of rotatable bonds is 9. The van der Waals surface area contributed by atoms with E-state index in [-0.39, 0.29) is 28.7 Å². The number of fused-ring (bicyclic) bond motifs is 1. The van der Waals surface area contributed by atoms with Crippen molar-refractivity contribution in [3.05, 3.63) is 106 Å². The predicted molar refractivity (Wildman–Crippen MR) is 138 cm³/mol. The van der Waals surface area contributed by atoms with Gasteiger partial charge in [0.25, 0.3) is 11.6 Å². The second-order valence-corrected chi connectivity index (χ2v) is 9.24. The van der Waals surface area contributed by atoms with Crippen molar-refractivity contribution in [2.45, 2.75) is 11.8 Å². The SMILES string of the molecule is CCOc1cc(/C=N\NC(=O)c2ccc3ccccc3c2)ccc1OS(=O)(=O)c1cccc([N+](=O)[O-])c1. The summed E-state index contributed by atoms with van der Waals surface area (Å²) in [5, 5.41) is 16.9. The zero-order valence-electron chi connectivity index (χ0n) is 19.5. The van der Waals surface area contributed by atoms with E-state index in [1.54, 1.807) is 19.1 Å². The van der Waals surface area contributed by atoms with E-state index in [0.29, 0.717) is 11.1 Å². The highest BCUT2D eigenvalue weighted by molar-refractivity contribution is 7.87. The van der Waals surface area contributed by atoms with Crippen molar-refractivity contribution in [3.63, 3.8) is 0 Å². The summed E-state index contributed by atoms with van der Waals surface area (Å²) in [6, 6.07) is 21.9. The van der Waals surface area contributed by atoms with Crippen molar-refractivity contribution in [2.75, 3.05) is 6.61 Å². The molecule has 0 aliphatic heterocycles. The number of benzene rings is 4. The molecule has 4 aromatic rings. The molecular weight excluding hydrogens is 498 g/mol. The lowest BCUT2D eigenvalue weighted by molar-refractivity contribution is -0.385. The van der Waals surface area contributed by atoms with E-state index < -0.39 is 20.9 Å². The van der Waals surface area contributed by atoms with Gasteiger partial charge >= 0.3 is 10.1 Å². The van der Waals surface area contributed by atoms with Gasteiger partial charge in [-0.1, -0.05) is 36.4 Å². The van der Waals surface area contributed by atoms with E-state index in [2.05, 4.69) is 10.5 Å². The second kappa shape index (κ2) is 10.9. The number of carbonyl (C=O) groups excluding carboxylic acids is 1. The average molecular weight is 520 g/mol. The van der Waals surface area contributed by atoms with Crippen molar-refractivity contribution >= 4 is 38.7 Å². The molecule has 0 atom stereocenters. The molecule has 0 radical (unpaired) electrons. The van der Waals surface area contributed by atoms with Gasteiger partial charge in [0.15, 0.2) is 11.5 Å². The number of nitrogens with zero attached hydrogens (tertiary/aromatic N) is 2. The van der Waals surface area contributed by atoms with Crippen LogP contribution in [0.1, 0.15) is 22.8 Å². The van der Waals surface area contributed by atoms with Gasteiger partial charge in [-0.3, -0.25) is 14.9 Å². The quantitative estimate of drug-likeness (QED) is 0.147. The summed E-state index contributed by atoms with van der Waals surface area (Å²) < 4.78 is 36.1. The van der Waals surface area contributed by atoms with Gasteiger partial charge in [0.1, 0.15) is 4.90 Å². The summed E-state index contributed by atoms with van der Waals surface area (Å²) in [6.07, 6.45) is 1.38. The molecule has 0 spiro atoms. The second-order valence-electron chi connectivity index (χ2n) is 7.69. The Hall–Kier alpha value is -4.77. The van der Waals surface area contributed by atoms with Crippen molar-refractivity contribution < 1.29 is 27.1 Å². The monoisotopic (exact) mass is 519 g/mol. The first-order chi connectivity index (χ1) is 17.8. The van der Waals surface area contributed by atoms with E-state index in [1.165, 1.54) is 42.6 Å². The van der Waals surface area contributed by atoms with Crippen LogP contribution in [0.15, 0.2) is 94.9 Å². The van der Waals surface area contributed by atoms with Crippen LogP contribution in [0.2, 0.25) is 0 Å². The lowest BCUT2D eigenvalue weighted by atomic mass is 10.1. The van der Waals surface area contributed by atoms with Gasteiger partial charge in [0, 0.05) is 17.7 Å². The first-order valence-corrected chi connectivity index (χ1v) is 12.5. The molecule has 0 heterocycles. The van der Waals surface area contributed by atoms with E-state index in [1.807, 2.05) is 30.3 Å². The highest BCUT2D eigenvalue weighted by Crippen LogP contribution is 2.31. The maximum absolute atomic E-state index is 12.7. The minimum atomic E-state index is -4.37. The van der Waals surface area contributed by atoms with Gasteiger partial charge in [-0.05, 0) is 59.7 Å². The minimum Gasteiger partial charge on any atom is -0.490 e. The Kier molecular flexibility index (Phi) is 7.44. The predicted octanol–water partition coefficient (Wildman–Crippen LogP) is 4.68. The molecule has 4 aromatic carbocycles. The Bertz CT molecular complexity index is 1620. The van der Waals surface area contributed by atoms with Crippen LogP contribution in [0, 0.1) is 10.1 Å². The Morgan fingerprint density at radius 2 is 1.76 bits per heavy atom. The zero-order chi connectivity index (χ0) is 26.4. The molecule has 10 nitrogen and oxygen atoms in total. The summed E-state index contributed by atoms with van der Waals surface area (Å²) in [5.74, 6) is -0.387. The molecule has 1 N–H and O–H groups in total. The number of nitrogens with one attached hydrogen (secondary N) is 1. The Labute approximate surface area is 212 Å². The fraction of sp³-hybridized carbons (Fsp3) is 0.0769. The van der Waals surface area contributed by atoms with E-state index >= 15 is 0 Å². The van der Waals surface area contributed by atoms with Crippen molar-refractivity contribution in [1.29, 1.82) is 0 Å². The van der Waals surface area contributed by atoms with E-state index in [4.69, 9.17) is 8.92 Å². The summed E-state index contributed by atoms with van der Waals surface area (Å²) in [6.45, 7) is 1.93. The molecule has 0 unspecified atom stereocenters. The molecule has 188 valence electrons. The van der Waals surface area contributed by atoms with Gasteiger partial charge in [-0.2, -0.15) is 13.5 Å². The summed E-state index contributed by atoms with van der Waals surface area (Å²) in [7, 11) is -4.37. The maximum atomic E-state index is 12.7. The maximum Gasteiger partial charge on any atom is 0.339 e. The van der Waals surface area contributed by atoms with Crippen LogP contribution in [-0.4, -0.2) is 32.1 Å². The van der Waals surface area contributed by atoms with E-state index in [9.17, 15) is 23.3 Å². The number of hydrogen-bond donors (Lipinski definition) is 1. The standard InChI is InChI=1S/C26H21N3O7S/c1-2-35-25-14-18(17-27-28-26(30)21-12-11-19-6-3-4-7-20(19)15-21)10-13-24(25)36-37(33,34)23-9-5-8-22(16-23)29(31)32/h3-17H,2H2,1H3,(H,28,30)/b27-17-. The number of hydrazone groups is 1. The third-order valence-electron chi connectivity index (χ3n) is 5.18. The number of ether oxygens (including phenoxy) is 1. The van der Waals surface area contributed by atoms with Crippen LogP contribution in [0.4, 0.5) is 5.69 Å². The van der Waals surface area contributed by atoms with Crippen LogP contribution >= 0.6 is 0 Å². The first kappa shape index (κ1) is 25.3. The van der Waals surface area contributed by atoms with Crippen molar-refractivity contribution in [3.8, 4) is 11.5 Å². The van der Waals surface area contributed by atoms with Gasteiger partial charge < -0.3 is 8.92 Å². The van der Waals surface area contributed by atoms with Crippen molar-refractivity contribution in [2.24, 2.45) is 5.10 Å². The van der Waals surface area contributed by atoms with Crippen LogP contribution in [0.25, 0.3) is 10.8 Å². The zero-order valence-corrected chi connectivity index (χ0v) is 20.3. The smallest absolute Gasteiger partial charge is 0.339 e. The van der Waals surface area contributed by atoms with Crippen molar-refractivity contribution in [1.82, 2.24) is 5.43 Å². The normalized spacial score (nSPS) is 11.4. The molecule has 4 rings (SSSR count). The van der Waals surface area contributed by atoms with Crippen LogP contribution in [-0.2, 0) is 10.1 Å². The molecule has 0 saturated carbocycles. The number of nitro groups is 1. The van der Waals surface area contributed by atoms with Crippen LogP contribution < -0.4 is 14.3 Å². The Balaban J connectivity index is 1.50. The first-order valence-electron chi connectivity index (χ1n) is 11.0. The average Bonchev–Trinajstić information content (AvgIpc) is 2.90. The minimum absolute atomic E-state index is 0.106. The van der Waals surface area contributed by atoms with Gasteiger partial charge in [-0.15, -0.1) is 0 Å². The number of amides is 1. The van der Waals surface area contributed by atoms with Crippen LogP contribution in [0.5, 0.6) is 11.5 Å². The molecule has 0 saturated heterocycles. The molecule has 0 aliphatic carbocycles. The highest BCUT2D eigenvalue weighted by Gasteiger charge is 2.22. The molecule has 37 heavy (non-hydrogen) atoms. The molecule has 1 amide bonds.